The van der Waals surface area contributed by atoms with Crippen molar-refractivity contribution in [3.63, 3.8) is 0 Å². The summed E-state index contributed by atoms with van der Waals surface area (Å²) in [5.74, 6) is -2.39. The van der Waals surface area contributed by atoms with Crippen LogP contribution in [0.1, 0.15) is 0 Å². The van der Waals surface area contributed by atoms with E-state index in [-0.39, 0.29) is 5.70 Å². The van der Waals surface area contributed by atoms with Gasteiger partial charge in [0.2, 0.25) is 5.79 Å². The van der Waals surface area contributed by atoms with Gasteiger partial charge in [0.25, 0.3) is 0 Å². The van der Waals surface area contributed by atoms with E-state index in [1.807, 2.05) is 0 Å². The second-order valence-corrected chi connectivity index (χ2v) is 2.23. The van der Waals surface area contributed by atoms with Crippen LogP contribution in [0.25, 0.3) is 0 Å². The molecule has 0 amide bonds. The summed E-state index contributed by atoms with van der Waals surface area (Å²) in [5, 5.41) is 0. The molecule has 56 valence electrons. The molecule has 0 saturated heterocycles. The standard InChI is InChI=1S/C6H8F2N2/c7-5-3-4(9)1-2-6(5,8)10/h1-3,5H,9-10H2. The highest BCUT2D eigenvalue weighted by molar-refractivity contribution is 5.27. The summed E-state index contributed by atoms with van der Waals surface area (Å²) >= 11 is 0. The summed E-state index contributed by atoms with van der Waals surface area (Å²) in [4.78, 5) is 0. The Bertz CT molecular complexity index is 196. The van der Waals surface area contributed by atoms with E-state index in [0.717, 1.165) is 12.2 Å². The van der Waals surface area contributed by atoms with Crippen molar-refractivity contribution in [3.8, 4) is 0 Å². The second-order valence-electron chi connectivity index (χ2n) is 2.23. The van der Waals surface area contributed by atoms with Crippen LogP contribution in [-0.2, 0) is 0 Å². The molecule has 0 saturated carbocycles. The smallest absolute Gasteiger partial charge is 0.213 e. The third-order valence-electron chi connectivity index (χ3n) is 1.29. The van der Waals surface area contributed by atoms with Crippen LogP contribution in [0.5, 0.6) is 0 Å². The minimum Gasteiger partial charge on any atom is -0.399 e. The minimum absolute atomic E-state index is 0.200. The summed E-state index contributed by atoms with van der Waals surface area (Å²) in [6.45, 7) is 0. The van der Waals surface area contributed by atoms with Crippen molar-refractivity contribution in [1.82, 2.24) is 0 Å². The van der Waals surface area contributed by atoms with E-state index in [4.69, 9.17) is 11.5 Å². The Kier molecular flexibility index (Phi) is 1.48. The zero-order valence-corrected chi connectivity index (χ0v) is 5.22. The highest BCUT2D eigenvalue weighted by Gasteiger charge is 2.33. The largest absolute Gasteiger partial charge is 0.399 e. The van der Waals surface area contributed by atoms with E-state index in [1.165, 1.54) is 6.08 Å². The van der Waals surface area contributed by atoms with E-state index in [9.17, 15) is 8.78 Å². The van der Waals surface area contributed by atoms with Gasteiger partial charge in [-0.3, -0.25) is 5.73 Å². The molecule has 0 aromatic heterocycles. The Morgan fingerprint density at radius 3 is 2.60 bits per heavy atom. The molecule has 1 rings (SSSR count). The molecule has 2 atom stereocenters. The van der Waals surface area contributed by atoms with Gasteiger partial charge >= 0.3 is 0 Å². The highest BCUT2D eigenvalue weighted by atomic mass is 19.2. The monoisotopic (exact) mass is 146 g/mol. The van der Waals surface area contributed by atoms with Gasteiger partial charge < -0.3 is 5.73 Å². The molecule has 2 unspecified atom stereocenters. The quantitative estimate of drug-likeness (QED) is 0.485. The van der Waals surface area contributed by atoms with Gasteiger partial charge in [-0.05, 0) is 18.2 Å². The maximum Gasteiger partial charge on any atom is 0.213 e. The number of rotatable bonds is 0. The molecule has 4 heteroatoms. The summed E-state index contributed by atoms with van der Waals surface area (Å²) < 4.78 is 25.2. The Morgan fingerprint density at radius 2 is 2.20 bits per heavy atom. The summed E-state index contributed by atoms with van der Waals surface area (Å²) in [7, 11) is 0. The van der Waals surface area contributed by atoms with Crippen molar-refractivity contribution in [2.45, 2.75) is 12.0 Å². The minimum atomic E-state index is -2.39. The number of halogens is 2. The molecule has 2 nitrogen and oxygen atoms in total. The van der Waals surface area contributed by atoms with Crippen LogP contribution >= 0.6 is 0 Å². The van der Waals surface area contributed by atoms with E-state index in [2.05, 4.69) is 0 Å². The normalized spacial score (nSPS) is 39.5. The van der Waals surface area contributed by atoms with Gasteiger partial charge in [0, 0.05) is 5.70 Å². The van der Waals surface area contributed by atoms with E-state index >= 15 is 0 Å². The van der Waals surface area contributed by atoms with Crippen molar-refractivity contribution >= 4 is 0 Å². The van der Waals surface area contributed by atoms with Crippen molar-refractivity contribution < 1.29 is 8.78 Å². The lowest BCUT2D eigenvalue weighted by Gasteiger charge is -2.21. The maximum atomic E-state index is 12.7. The fourth-order valence-electron chi connectivity index (χ4n) is 0.668. The van der Waals surface area contributed by atoms with Crippen molar-refractivity contribution in [2.24, 2.45) is 11.5 Å². The zero-order valence-electron chi connectivity index (χ0n) is 5.22. The Morgan fingerprint density at radius 1 is 1.60 bits per heavy atom. The summed E-state index contributed by atoms with van der Waals surface area (Å²) in [6.07, 6.45) is 1.26. The zero-order chi connectivity index (χ0) is 7.78. The van der Waals surface area contributed by atoms with Gasteiger partial charge in [-0.15, -0.1) is 0 Å². The van der Waals surface area contributed by atoms with Gasteiger partial charge in [0.05, 0.1) is 0 Å². The van der Waals surface area contributed by atoms with Crippen molar-refractivity contribution in [1.29, 1.82) is 0 Å². The van der Waals surface area contributed by atoms with Gasteiger partial charge in [-0.25, -0.2) is 8.78 Å². The molecule has 0 aliphatic heterocycles. The van der Waals surface area contributed by atoms with Gasteiger partial charge in [-0.1, -0.05) is 0 Å². The van der Waals surface area contributed by atoms with Crippen LogP contribution in [0.2, 0.25) is 0 Å². The Hall–Kier alpha value is -0.900. The molecular formula is C6H8F2N2. The third-order valence-corrected chi connectivity index (χ3v) is 1.29. The second kappa shape index (κ2) is 2.05. The number of alkyl halides is 2. The molecule has 0 aromatic rings. The fraction of sp³-hybridized carbons (Fsp3) is 0.333. The van der Waals surface area contributed by atoms with Crippen LogP contribution in [-0.4, -0.2) is 12.0 Å². The highest BCUT2D eigenvalue weighted by Crippen LogP contribution is 2.20. The SMILES string of the molecule is NC1=CC(F)C(N)(F)C=C1. The first-order chi connectivity index (χ1) is 4.52. The predicted octanol–water partition coefficient (Wildman–Crippen LogP) is 0.361. The lowest BCUT2D eigenvalue weighted by Crippen LogP contribution is -2.43. The van der Waals surface area contributed by atoms with Crippen LogP contribution in [0, 0.1) is 0 Å². The molecule has 0 aromatic carbocycles. The molecule has 0 fully saturated rings. The van der Waals surface area contributed by atoms with Crippen LogP contribution < -0.4 is 11.5 Å². The average Bonchev–Trinajstić information content (AvgIpc) is 1.81. The fourth-order valence-corrected chi connectivity index (χ4v) is 0.668. The van der Waals surface area contributed by atoms with Crippen LogP contribution in [0.4, 0.5) is 8.78 Å². The molecule has 1 aliphatic rings. The number of hydrogen-bond acceptors (Lipinski definition) is 2. The Labute approximate surface area is 57.2 Å². The van der Waals surface area contributed by atoms with Gasteiger partial charge in [0.15, 0.2) is 6.17 Å². The number of hydrogen-bond donors (Lipinski definition) is 2. The summed E-state index contributed by atoms with van der Waals surface area (Å²) in [6, 6.07) is 0. The van der Waals surface area contributed by atoms with Crippen LogP contribution in [0.15, 0.2) is 23.9 Å². The molecule has 0 heterocycles. The predicted molar refractivity (Wildman–Crippen MR) is 34.3 cm³/mol. The maximum absolute atomic E-state index is 12.7. The molecular weight excluding hydrogens is 138 g/mol. The first-order valence-electron chi connectivity index (χ1n) is 2.81. The molecule has 1 aliphatic carbocycles. The first-order valence-corrected chi connectivity index (χ1v) is 2.81. The lowest BCUT2D eigenvalue weighted by molar-refractivity contribution is 0.131. The number of allylic oxidation sites excluding steroid dienone is 1. The molecule has 10 heavy (non-hydrogen) atoms. The molecule has 4 N–H and O–H groups in total. The average molecular weight is 146 g/mol. The van der Waals surface area contributed by atoms with Crippen LogP contribution in [0.3, 0.4) is 0 Å². The summed E-state index contributed by atoms with van der Waals surface area (Å²) in [5.41, 5.74) is 10.2. The topological polar surface area (TPSA) is 52.0 Å². The van der Waals surface area contributed by atoms with E-state index in [0.29, 0.717) is 0 Å². The van der Waals surface area contributed by atoms with E-state index in [1.54, 1.807) is 0 Å². The van der Waals surface area contributed by atoms with E-state index < -0.39 is 12.0 Å². The van der Waals surface area contributed by atoms with Gasteiger partial charge in [-0.2, -0.15) is 0 Å². The Balaban J connectivity index is 2.84. The molecule has 0 spiro atoms. The first kappa shape index (κ1) is 7.21. The lowest BCUT2D eigenvalue weighted by atomic mass is 10.0. The number of nitrogens with two attached hydrogens (primary N) is 2. The van der Waals surface area contributed by atoms with Crippen molar-refractivity contribution in [3.05, 3.63) is 23.9 Å². The van der Waals surface area contributed by atoms with Crippen molar-refractivity contribution in [2.75, 3.05) is 0 Å². The van der Waals surface area contributed by atoms with Gasteiger partial charge in [0.1, 0.15) is 0 Å². The molecule has 0 radical (unpaired) electrons. The third kappa shape index (κ3) is 1.16. The molecule has 0 bridgehead atoms.